The van der Waals surface area contributed by atoms with Crippen LogP contribution in [0.2, 0.25) is 0 Å². The van der Waals surface area contributed by atoms with Crippen LogP contribution >= 0.6 is 0 Å². The Labute approximate surface area is 248 Å². The molecule has 2 unspecified atom stereocenters. The van der Waals surface area contributed by atoms with Crippen LogP contribution in [0.4, 0.5) is 0 Å². The average molecular weight is 582 g/mol. The molecule has 41 heavy (non-hydrogen) atoms. The fourth-order valence-corrected chi connectivity index (χ4v) is 8.21. The van der Waals surface area contributed by atoms with Crippen molar-refractivity contribution >= 4 is 11.9 Å². The zero-order valence-corrected chi connectivity index (χ0v) is 27.8. The summed E-state index contributed by atoms with van der Waals surface area (Å²) in [6.45, 7) is 25.1. The van der Waals surface area contributed by atoms with Gasteiger partial charge in [0, 0.05) is 58.9 Å². The second kappa shape index (κ2) is 11.7. The van der Waals surface area contributed by atoms with Gasteiger partial charge in [-0.15, -0.1) is 0 Å². The van der Waals surface area contributed by atoms with E-state index >= 15 is 0 Å². The van der Waals surface area contributed by atoms with Gasteiger partial charge in [-0.05, 0) is 95.9 Å². The van der Waals surface area contributed by atoms with Crippen LogP contribution in [-0.4, -0.2) is 74.9 Å². The van der Waals surface area contributed by atoms with E-state index < -0.39 is 24.1 Å². The van der Waals surface area contributed by atoms with E-state index in [1.54, 1.807) is 0 Å². The third kappa shape index (κ3) is 10.4. The van der Waals surface area contributed by atoms with Crippen LogP contribution in [0.1, 0.15) is 128 Å². The van der Waals surface area contributed by atoms with E-state index in [9.17, 15) is 14.7 Å². The Bertz CT molecular complexity index is 909. The molecular formula is C32H59N3O6. The van der Waals surface area contributed by atoms with E-state index in [1.807, 2.05) is 0 Å². The molecule has 0 amide bonds. The minimum absolute atomic E-state index is 0.198. The second-order valence-corrected chi connectivity index (χ2v) is 17.0. The van der Waals surface area contributed by atoms with Crippen LogP contribution in [0, 0.1) is 5.92 Å². The largest absolute Gasteiger partial charge is 0.462 e. The normalized spacial score (nSPS) is 28.8. The minimum Gasteiger partial charge on any atom is -0.462 e. The maximum Gasteiger partial charge on any atom is 0.314 e. The first-order chi connectivity index (χ1) is 18.4. The summed E-state index contributed by atoms with van der Waals surface area (Å²) < 4.78 is 18.1. The van der Waals surface area contributed by atoms with Gasteiger partial charge in [0.05, 0.1) is 12.5 Å². The monoisotopic (exact) mass is 581 g/mol. The number of hydrogen-bond acceptors (Lipinski definition) is 9. The van der Waals surface area contributed by atoms with E-state index in [0.29, 0.717) is 38.5 Å². The lowest BCUT2D eigenvalue weighted by Gasteiger charge is -2.47. The van der Waals surface area contributed by atoms with Gasteiger partial charge in [0.15, 0.2) is 6.29 Å². The van der Waals surface area contributed by atoms with Gasteiger partial charge < -0.3 is 35.3 Å². The number of ether oxygens (including phenoxy) is 3. The molecule has 9 heteroatoms. The van der Waals surface area contributed by atoms with Crippen molar-refractivity contribution in [2.75, 3.05) is 0 Å². The number of esters is 2. The lowest BCUT2D eigenvalue weighted by Crippen LogP contribution is -2.60. The molecule has 0 aromatic heterocycles. The summed E-state index contributed by atoms with van der Waals surface area (Å²) in [5.74, 6) is -2.33. The third-order valence-electron chi connectivity index (χ3n) is 8.40. The molecule has 0 spiro atoms. The van der Waals surface area contributed by atoms with Crippen LogP contribution in [0.25, 0.3) is 0 Å². The lowest BCUT2D eigenvalue weighted by molar-refractivity contribution is -0.206. The van der Waals surface area contributed by atoms with E-state index in [0.717, 1.165) is 0 Å². The van der Waals surface area contributed by atoms with Gasteiger partial charge in [-0.1, -0.05) is 0 Å². The number of piperidine rings is 3. The molecule has 3 rings (SSSR count). The van der Waals surface area contributed by atoms with Crippen LogP contribution in [0.15, 0.2) is 0 Å². The third-order valence-corrected chi connectivity index (χ3v) is 8.40. The number of aliphatic hydroxyl groups is 1. The quantitative estimate of drug-likeness (QED) is 0.245. The Morgan fingerprint density at radius 2 is 0.927 bits per heavy atom. The molecule has 2 atom stereocenters. The van der Waals surface area contributed by atoms with Crippen molar-refractivity contribution in [2.24, 2.45) is 5.92 Å². The van der Waals surface area contributed by atoms with Gasteiger partial charge in [0.1, 0.15) is 18.1 Å². The first-order valence-corrected chi connectivity index (χ1v) is 15.5. The summed E-state index contributed by atoms with van der Waals surface area (Å²) in [7, 11) is 0. The minimum atomic E-state index is -1.49. The number of carbonyl (C=O) groups is 2. The topological polar surface area (TPSA) is 118 Å². The second-order valence-electron chi connectivity index (χ2n) is 17.0. The predicted octanol–water partition coefficient (Wildman–Crippen LogP) is 4.34. The van der Waals surface area contributed by atoms with Crippen molar-refractivity contribution in [3.63, 3.8) is 0 Å². The highest BCUT2D eigenvalue weighted by Crippen LogP contribution is 2.35. The highest BCUT2D eigenvalue weighted by molar-refractivity contribution is 5.80. The Morgan fingerprint density at radius 1 is 0.610 bits per heavy atom. The summed E-state index contributed by atoms with van der Waals surface area (Å²) >= 11 is 0. The van der Waals surface area contributed by atoms with E-state index in [4.69, 9.17) is 14.2 Å². The van der Waals surface area contributed by atoms with Crippen LogP contribution in [0.5, 0.6) is 0 Å². The van der Waals surface area contributed by atoms with E-state index in [-0.39, 0.29) is 58.0 Å². The van der Waals surface area contributed by atoms with Crippen LogP contribution in [0.3, 0.4) is 0 Å². The van der Waals surface area contributed by atoms with Gasteiger partial charge >= 0.3 is 11.9 Å². The molecule has 3 saturated heterocycles. The van der Waals surface area contributed by atoms with Crippen molar-refractivity contribution in [3.05, 3.63) is 0 Å². The highest BCUT2D eigenvalue weighted by atomic mass is 16.6. The zero-order valence-electron chi connectivity index (χ0n) is 27.8. The molecule has 3 heterocycles. The number of nitrogens with one attached hydrogen (secondary N) is 3. The van der Waals surface area contributed by atoms with Gasteiger partial charge in [0.2, 0.25) is 0 Å². The molecule has 0 saturated carbocycles. The summed E-state index contributed by atoms with van der Waals surface area (Å²) in [5, 5.41) is 22.2. The lowest BCUT2D eigenvalue weighted by atomic mass is 9.80. The van der Waals surface area contributed by atoms with Crippen molar-refractivity contribution < 1.29 is 28.9 Å². The number of rotatable bonds is 8. The Hall–Kier alpha value is -1.26. The standard InChI is InChI=1S/C32H59N3O6/c1-27(2)14-20(15-28(3,4)33-27)39-24(36)13-23(25(37)40-21-16-29(5,6)34-30(7,8)17-21)26(38)41-22-18-31(9,10)35-32(11,12)19-22/h20-23,25,33-35,37H,13-19H2,1-12H3. The molecule has 9 nitrogen and oxygen atoms in total. The summed E-state index contributed by atoms with van der Waals surface area (Å²) in [5.41, 5.74) is -1.26. The van der Waals surface area contributed by atoms with E-state index in [1.165, 1.54) is 0 Å². The van der Waals surface area contributed by atoms with Crippen molar-refractivity contribution in [2.45, 2.75) is 186 Å². The first-order valence-electron chi connectivity index (χ1n) is 15.5. The molecule has 4 N–H and O–H groups in total. The van der Waals surface area contributed by atoms with Crippen LogP contribution in [-0.2, 0) is 23.8 Å². The van der Waals surface area contributed by atoms with Gasteiger partial charge in [-0.3, -0.25) is 9.59 Å². The SMILES string of the molecule is CC1(C)CC(OC(=O)CC(C(=O)OC2CC(C)(C)NC(C)(C)C2)C(O)OC2CC(C)(C)NC(C)(C)C2)CC(C)(C)N1. The molecule has 3 fully saturated rings. The Balaban J connectivity index is 1.76. The summed E-state index contributed by atoms with van der Waals surface area (Å²) in [6, 6.07) is 0. The van der Waals surface area contributed by atoms with Crippen molar-refractivity contribution in [3.8, 4) is 0 Å². The van der Waals surface area contributed by atoms with Crippen LogP contribution < -0.4 is 16.0 Å². The van der Waals surface area contributed by atoms with Gasteiger partial charge in [-0.25, -0.2) is 0 Å². The smallest absolute Gasteiger partial charge is 0.314 e. The fourth-order valence-electron chi connectivity index (χ4n) is 8.21. The molecule has 0 aliphatic carbocycles. The number of carbonyl (C=O) groups excluding carboxylic acids is 2. The fraction of sp³-hybridized carbons (Fsp3) is 0.938. The van der Waals surface area contributed by atoms with Gasteiger partial charge in [0.25, 0.3) is 0 Å². The Kier molecular flexibility index (Phi) is 9.75. The first kappa shape index (κ1) is 34.2. The van der Waals surface area contributed by atoms with Crippen molar-refractivity contribution in [1.29, 1.82) is 0 Å². The molecule has 238 valence electrons. The van der Waals surface area contributed by atoms with Gasteiger partial charge in [-0.2, -0.15) is 0 Å². The highest BCUT2D eigenvalue weighted by Gasteiger charge is 2.45. The number of aliphatic hydroxyl groups excluding tert-OH is 1. The summed E-state index contributed by atoms with van der Waals surface area (Å²) in [4.78, 5) is 27.0. The predicted molar refractivity (Wildman–Crippen MR) is 160 cm³/mol. The maximum absolute atomic E-state index is 13.7. The number of hydrogen-bond donors (Lipinski definition) is 4. The molecule has 3 aliphatic rings. The van der Waals surface area contributed by atoms with E-state index in [2.05, 4.69) is 99.0 Å². The molecule has 0 bridgehead atoms. The molecule has 0 radical (unpaired) electrons. The molecular weight excluding hydrogens is 522 g/mol. The van der Waals surface area contributed by atoms with Crippen molar-refractivity contribution in [1.82, 2.24) is 16.0 Å². The Morgan fingerprint density at radius 3 is 1.29 bits per heavy atom. The summed E-state index contributed by atoms with van der Waals surface area (Å²) in [6.07, 6.45) is 1.19. The maximum atomic E-state index is 13.7. The zero-order chi connectivity index (χ0) is 31.2. The molecule has 0 aromatic rings. The molecule has 0 aromatic carbocycles. The molecule has 3 aliphatic heterocycles. The average Bonchev–Trinajstić information content (AvgIpc) is 2.64.